The zero-order valence-electron chi connectivity index (χ0n) is 17.4. The number of rotatable bonds is 4. The van der Waals surface area contributed by atoms with Crippen molar-refractivity contribution in [1.82, 2.24) is 0 Å². The van der Waals surface area contributed by atoms with E-state index in [-0.39, 0.29) is 11.4 Å². The summed E-state index contributed by atoms with van der Waals surface area (Å²) < 4.78 is 0. The third-order valence-electron chi connectivity index (χ3n) is 4.95. The van der Waals surface area contributed by atoms with Crippen molar-refractivity contribution in [3.8, 4) is 0 Å². The minimum Gasteiger partial charge on any atom is -0.384 e. The molecule has 0 aliphatic heterocycles. The minimum absolute atomic E-state index is 0.205. The van der Waals surface area contributed by atoms with E-state index in [1.165, 1.54) is 0 Å². The molecule has 2 N–H and O–H groups in total. The van der Waals surface area contributed by atoms with Crippen LogP contribution >= 0.6 is 0 Å². The van der Waals surface area contributed by atoms with Crippen LogP contribution in [0, 0.1) is 0 Å². The lowest BCUT2D eigenvalue weighted by Crippen LogP contribution is -2.34. The molecule has 0 aromatic heterocycles. The van der Waals surface area contributed by atoms with Gasteiger partial charge in [0.25, 0.3) is 0 Å². The number of urea groups is 1. The van der Waals surface area contributed by atoms with E-state index in [9.17, 15) is 9.90 Å². The summed E-state index contributed by atoms with van der Waals surface area (Å²) in [4.78, 5) is 14.6. The van der Waals surface area contributed by atoms with Crippen LogP contribution in [0.2, 0.25) is 0 Å². The minimum atomic E-state index is -0.833. The van der Waals surface area contributed by atoms with E-state index in [1.807, 2.05) is 78.9 Å². The number of hydrogen-bond donors (Lipinski definition) is 2. The second-order valence-corrected chi connectivity index (χ2v) is 8.16. The van der Waals surface area contributed by atoms with E-state index in [0.717, 1.165) is 22.5 Å². The van der Waals surface area contributed by atoms with Gasteiger partial charge in [0.15, 0.2) is 0 Å². The summed E-state index contributed by atoms with van der Waals surface area (Å²) in [7, 11) is 1.74. The first kappa shape index (κ1) is 20.6. The predicted molar refractivity (Wildman–Crippen MR) is 120 cm³/mol. The van der Waals surface area contributed by atoms with Crippen molar-refractivity contribution in [1.29, 1.82) is 0 Å². The van der Waals surface area contributed by atoms with Crippen LogP contribution in [-0.2, 0) is 5.41 Å². The molecule has 1 atom stereocenters. The molecule has 0 unspecified atom stereocenters. The first-order valence-corrected chi connectivity index (χ1v) is 9.75. The standard InChI is InChI=1S/C25H28N2O2/c1-25(2,3)21-17-11-16-20(23(28)18-12-7-5-8-13-18)22(21)27(4)24(29)26-19-14-9-6-10-15-19/h5-17,23,28H,1-4H3,(H,26,29)/t23-/m1/s1. The number of carbonyl (C=O) groups is 1. The van der Waals surface area contributed by atoms with E-state index in [4.69, 9.17) is 0 Å². The third kappa shape index (κ3) is 4.66. The molecular weight excluding hydrogens is 360 g/mol. The van der Waals surface area contributed by atoms with E-state index >= 15 is 0 Å². The Balaban J connectivity index is 2.06. The summed E-state index contributed by atoms with van der Waals surface area (Å²) in [5, 5.41) is 14.1. The SMILES string of the molecule is CN(C(=O)Nc1ccccc1)c1c([C@H](O)c2ccccc2)cccc1C(C)(C)C. The van der Waals surface area contributed by atoms with Gasteiger partial charge in [-0.15, -0.1) is 0 Å². The second kappa shape index (κ2) is 8.50. The van der Waals surface area contributed by atoms with Crippen molar-refractivity contribution >= 4 is 17.4 Å². The Hall–Kier alpha value is -3.11. The van der Waals surface area contributed by atoms with E-state index < -0.39 is 6.10 Å². The van der Waals surface area contributed by atoms with Crippen molar-refractivity contribution in [2.75, 3.05) is 17.3 Å². The van der Waals surface area contributed by atoms with Gasteiger partial charge in [-0.05, 0) is 28.7 Å². The summed E-state index contributed by atoms with van der Waals surface area (Å²) in [5.74, 6) is 0. The number of para-hydroxylation sites is 2. The molecule has 4 heteroatoms. The average Bonchev–Trinajstić information content (AvgIpc) is 2.73. The lowest BCUT2D eigenvalue weighted by atomic mass is 9.83. The number of hydrogen-bond acceptors (Lipinski definition) is 2. The van der Waals surface area contributed by atoms with Crippen LogP contribution < -0.4 is 10.2 Å². The van der Waals surface area contributed by atoms with Crippen LogP contribution in [0.15, 0.2) is 78.9 Å². The summed E-state index contributed by atoms with van der Waals surface area (Å²) in [5.41, 5.74) is 3.73. The summed E-state index contributed by atoms with van der Waals surface area (Å²) in [6.07, 6.45) is -0.833. The zero-order valence-corrected chi connectivity index (χ0v) is 17.4. The summed E-state index contributed by atoms with van der Waals surface area (Å²) in [6, 6.07) is 24.4. The molecular formula is C25H28N2O2. The molecule has 0 fully saturated rings. The van der Waals surface area contributed by atoms with Gasteiger partial charge in [0.05, 0.1) is 5.69 Å². The fourth-order valence-electron chi connectivity index (χ4n) is 3.41. The monoisotopic (exact) mass is 388 g/mol. The summed E-state index contributed by atoms with van der Waals surface area (Å²) >= 11 is 0. The number of aliphatic hydroxyl groups is 1. The Morgan fingerprint density at radius 2 is 1.48 bits per heavy atom. The van der Waals surface area contributed by atoms with Gasteiger partial charge in [-0.3, -0.25) is 4.90 Å². The molecule has 0 saturated carbocycles. The van der Waals surface area contributed by atoms with Gasteiger partial charge in [-0.2, -0.15) is 0 Å². The highest BCUT2D eigenvalue weighted by atomic mass is 16.3. The van der Waals surface area contributed by atoms with E-state index in [1.54, 1.807) is 11.9 Å². The van der Waals surface area contributed by atoms with Crippen molar-refractivity contribution < 1.29 is 9.90 Å². The van der Waals surface area contributed by atoms with Crippen LogP contribution in [0.25, 0.3) is 0 Å². The van der Waals surface area contributed by atoms with Gasteiger partial charge in [0.2, 0.25) is 0 Å². The van der Waals surface area contributed by atoms with Gasteiger partial charge >= 0.3 is 6.03 Å². The highest BCUT2D eigenvalue weighted by Crippen LogP contribution is 2.39. The largest absolute Gasteiger partial charge is 0.384 e. The van der Waals surface area contributed by atoms with Gasteiger partial charge in [-0.1, -0.05) is 87.5 Å². The molecule has 3 rings (SSSR count). The number of nitrogens with zero attached hydrogens (tertiary/aromatic N) is 1. The molecule has 2 amide bonds. The predicted octanol–water partition coefficient (Wildman–Crippen LogP) is 5.73. The number of anilines is 2. The Morgan fingerprint density at radius 1 is 0.897 bits per heavy atom. The topological polar surface area (TPSA) is 52.6 Å². The van der Waals surface area contributed by atoms with Crippen LogP contribution in [0.4, 0.5) is 16.2 Å². The molecule has 0 aliphatic carbocycles. The normalized spacial score (nSPS) is 12.3. The fraction of sp³-hybridized carbons (Fsp3) is 0.240. The molecule has 0 radical (unpaired) electrons. The molecule has 29 heavy (non-hydrogen) atoms. The van der Waals surface area contributed by atoms with Crippen LogP contribution in [-0.4, -0.2) is 18.2 Å². The quantitative estimate of drug-likeness (QED) is 0.599. The van der Waals surface area contributed by atoms with E-state index in [0.29, 0.717) is 5.56 Å². The Morgan fingerprint density at radius 3 is 2.07 bits per heavy atom. The Kier molecular flexibility index (Phi) is 6.04. The second-order valence-electron chi connectivity index (χ2n) is 8.16. The number of nitrogens with one attached hydrogen (secondary N) is 1. The molecule has 0 spiro atoms. The number of benzene rings is 3. The maximum absolute atomic E-state index is 13.0. The zero-order chi connectivity index (χ0) is 21.0. The molecule has 3 aromatic carbocycles. The maximum atomic E-state index is 13.0. The number of carbonyl (C=O) groups excluding carboxylic acids is 1. The average molecular weight is 389 g/mol. The van der Waals surface area contributed by atoms with Gasteiger partial charge in [0.1, 0.15) is 6.10 Å². The van der Waals surface area contributed by atoms with Crippen LogP contribution in [0.1, 0.15) is 43.6 Å². The van der Waals surface area contributed by atoms with Gasteiger partial charge < -0.3 is 10.4 Å². The van der Waals surface area contributed by atoms with Crippen molar-refractivity contribution in [3.63, 3.8) is 0 Å². The molecule has 0 heterocycles. The first-order valence-electron chi connectivity index (χ1n) is 9.75. The molecule has 150 valence electrons. The van der Waals surface area contributed by atoms with Crippen LogP contribution in [0.3, 0.4) is 0 Å². The fourth-order valence-corrected chi connectivity index (χ4v) is 3.41. The van der Waals surface area contributed by atoms with E-state index in [2.05, 4.69) is 26.1 Å². The van der Waals surface area contributed by atoms with Crippen LogP contribution in [0.5, 0.6) is 0 Å². The molecule has 0 aliphatic rings. The number of aliphatic hydroxyl groups excluding tert-OH is 1. The van der Waals surface area contributed by atoms with Crippen molar-refractivity contribution in [3.05, 3.63) is 95.6 Å². The first-order chi connectivity index (χ1) is 13.8. The smallest absolute Gasteiger partial charge is 0.326 e. The van der Waals surface area contributed by atoms with Crippen molar-refractivity contribution in [2.24, 2.45) is 0 Å². The van der Waals surface area contributed by atoms with Gasteiger partial charge in [-0.25, -0.2) is 4.79 Å². The molecule has 0 saturated heterocycles. The third-order valence-corrected chi connectivity index (χ3v) is 4.95. The lowest BCUT2D eigenvalue weighted by molar-refractivity contribution is 0.220. The molecule has 4 nitrogen and oxygen atoms in total. The summed E-state index contributed by atoms with van der Waals surface area (Å²) in [6.45, 7) is 6.31. The molecule has 3 aromatic rings. The Labute approximate surface area is 172 Å². The van der Waals surface area contributed by atoms with Gasteiger partial charge in [0, 0.05) is 18.3 Å². The maximum Gasteiger partial charge on any atom is 0.326 e. The Bertz CT molecular complexity index is 963. The van der Waals surface area contributed by atoms with Crippen molar-refractivity contribution in [2.45, 2.75) is 32.3 Å². The molecule has 0 bridgehead atoms. The lowest BCUT2D eigenvalue weighted by Gasteiger charge is -2.31. The number of amides is 2. The highest BCUT2D eigenvalue weighted by molar-refractivity contribution is 6.02. The highest BCUT2D eigenvalue weighted by Gasteiger charge is 2.28.